The topological polar surface area (TPSA) is 9.72 Å². The third kappa shape index (κ3) is 10.2. The molecule has 0 fully saturated rings. The molecule has 3 heteroatoms. The van der Waals surface area contributed by atoms with E-state index in [9.17, 15) is 0 Å². The predicted octanol–water partition coefficient (Wildman–Crippen LogP) is 1.07. The Hall–Kier alpha value is -0.120. The van der Waals surface area contributed by atoms with Crippen LogP contribution in [-0.4, -0.2) is 75.6 Å². The fourth-order valence-electron chi connectivity index (χ4n) is 1.54. The van der Waals surface area contributed by atoms with Crippen molar-refractivity contribution in [2.45, 2.75) is 13.8 Å². The molecule has 0 aliphatic rings. The van der Waals surface area contributed by atoms with Crippen LogP contribution in [0, 0.1) is 5.92 Å². The number of rotatable bonds is 8. The van der Waals surface area contributed by atoms with Crippen LogP contribution >= 0.6 is 0 Å². The highest BCUT2D eigenvalue weighted by atomic mass is 15.2. The zero-order valence-corrected chi connectivity index (χ0v) is 11.5. The molecule has 0 saturated carbocycles. The molecule has 0 rings (SSSR count). The van der Waals surface area contributed by atoms with Crippen molar-refractivity contribution < 1.29 is 0 Å². The van der Waals surface area contributed by atoms with Crippen LogP contribution in [0.15, 0.2) is 0 Å². The smallest absolute Gasteiger partial charge is 0.0107 e. The maximum atomic E-state index is 2.41. The van der Waals surface area contributed by atoms with E-state index in [2.05, 4.69) is 56.7 Å². The second-order valence-corrected chi connectivity index (χ2v) is 5.26. The Morgan fingerprint density at radius 1 is 0.733 bits per heavy atom. The minimum absolute atomic E-state index is 0.766. The molecular formula is C12H29N3. The fraction of sp³-hybridized carbons (Fsp3) is 1.00. The van der Waals surface area contributed by atoms with Gasteiger partial charge in [-0.05, 0) is 34.1 Å². The van der Waals surface area contributed by atoms with Crippen molar-refractivity contribution in [3.05, 3.63) is 0 Å². The van der Waals surface area contributed by atoms with E-state index in [0.717, 1.165) is 25.6 Å². The average Bonchev–Trinajstić information content (AvgIpc) is 2.10. The van der Waals surface area contributed by atoms with Gasteiger partial charge in [0.05, 0.1) is 0 Å². The summed E-state index contributed by atoms with van der Waals surface area (Å²) in [6, 6.07) is 0. The van der Waals surface area contributed by atoms with Gasteiger partial charge in [-0.1, -0.05) is 13.8 Å². The molecule has 0 aliphatic carbocycles. The largest absolute Gasteiger partial charge is 0.308 e. The number of likely N-dealkylation sites (N-methyl/N-ethyl adjacent to an activating group) is 3. The summed E-state index contributed by atoms with van der Waals surface area (Å²) in [5.41, 5.74) is 0. The second-order valence-electron chi connectivity index (χ2n) is 5.26. The fourth-order valence-corrected chi connectivity index (χ4v) is 1.54. The summed E-state index contributed by atoms with van der Waals surface area (Å²) in [4.78, 5) is 7.04. The van der Waals surface area contributed by atoms with Crippen LogP contribution in [0.25, 0.3) is 0 Å². The van der Waals surface area contributed by atoms with Crippen molar-refractivity contribution in [3.63, 3.8) is 0 Å². The molecule has 0 unspecified atom stereocenters. The summed E-state index contributed by atoms with van der Waals surface area (Å²) < 4.78 is 0. The van der Waals surface area contributed by atoms with E-state index < -0.39 is 0 Å². The van der Waals surface area contributed by atoms with Crippen LogP contribution in [0.1, 0.15) is 13.8 Å². The van der Waals surface area contributed by atoms with Crippen molar-refractivity contribution >= 4 is 0 Å². The maximum Gasteiger partial charge on any atom is 0.0107 e. The molecule has 0 radical (unpaired) electrons. The summed E-state index contributed by atoms with van der Waals surface area (Å²) in [7, 11) is 8.66. The van der Waals surface area contributed by atoms with E-state index in [4.69, 9.17) is 0 Å². The number of nitrogens with zero attached hydrogens (tertiary/aromatic N) is 3. The van der Waals surface area contributed by atoms with Gasteiger partial charge in [0.2, 0.25) is 0 Å². The summed E-state index contributed by atoms with van der Waals surface area (Å²) in [5, 5.41) is 0. The Morgan fingerprint density at radius 2 is 1.20 bits per heavy atom. The Balaban J connectivity index is 3.48. The minimum Gasteiger partial charge on any atom is -0.308 e. The lowest BCUT2D eigenvalue weighted by atomic mass is 10.2. The molecule has 92 valence electrons. The monoisotopic (exact) mass is 215 g/mol. The first kappa shape index (κ1) is 14.9. The first-order valence-corrected chi connectivity index (χ1v) is 5.93. The van der Waals surface area contributed by atoms with Gasteiger partial charge in [-0.25, -0.2) is 0 Å². The minimum atomic E-state index is 0.766. The van der Waals surface area contributed by atoms with Crippen molar-refractivity contribution in [1.29, 1.82) is 0 Å². The van der Waals surface area contributed by atoms with Gasteiger partial charge < -0.3 is 14.7 Å². The molecule has 3 nitrogen and oxygen atoms in total. The summed E-state index contributed by atoms with van der Waals surface area (Å²) in [5.74, 6) is 0.766. The van der Waals surface area contributed by atoms with Gasteiger partial charge in [0.25, 0.3) is 0 Å². The molecule has 0 atom stereocenters. The van der Waals surface area contributed by atoms with Gasteiger partial charge in [-0.3, -0.25) is 0 Å². The number of hydrogen-bond donors (Lipinski definition) is 0. The van der Waals surface area contributed by atoms with Crippen molar-refractivity contribution in [1.82, 2.24) is 14.7 Å². The van der Waals surface area contributed by atoms with E-state index >= 15 is 0 Å². The van der Waals surface area contributed by atoms with Gasteiger partial charge in [0.15, 0.2) is 0 Å². The lowest BCUT2D eigenvalue weighted by Gasteiger charge is -2.24. The summed E-state index contributed by atoms with van der Waals surface area (Å²) in [6.07, 6.45) is 0. The Bertz CT molecular complexity index is 146. The van der Waals surface area contributed by atoms with Crippen molar-refractivity contribution in [2.75, 3.05) is 60.9 Å². The maximum absolute atomic E-state index is 2.41. The number of hydrogen-bond acceptors (Lipinski definition) is 3. The SMILES string of the molecule is CC(C)CN(C)CCN(C)CCN(C)C. The summed E-state index contributed by atoms with van der Waals surface area (Å²) in [6.45, 7) is 10.4. The van der Waals surface area contributed by atoms with Gasteiger partial charge >= 0.3 is 0 Å². The predicted molar refractivity (Wildman–Crippen MR) is 68.4 cm³/mol. The highest BCUT2D eigenvalue weighted by Gasteiger charge is 2.04. The first-order valence-electron chi connectivity index (χ1n) is 5.93. The van der Waals surface area contributed by atoms with Crippen molar-refractivity contribution in [3.8, 4) is 0 Å². The van der Waals surface area contributed by atoms with E-state index in [-0.39, 0.29) is 0 Å². The second kappa shape index (κ2) is 8.08. The molecule has 0 saturated heterocycles. The third-order valence-electron chi connectivity index (χ3n) is 2.47. The molecular weight excluding hydrogens is 186 g/mol. The molecule has 0 aromatic heterocycles. The van der Waals surface area contributed by atoms with Crippen LogP contribution in [0.5, 0.6) is 0 Å². The van der Waals surface area contributed by atoms with E-state index in [0.29, 0.717) is 0 Å². The van der Waals surface area contributed by atoms with Crippen LogP contribution in [0.3, 0.4) is 0 Å². The molecule has 0 heterocycles. The molecule has 0 aliphatic heterocycles. The average molecular weight is 215 g/mol. The molecule has 0 aromatic rings. The quantitative estimate of drug-likeness (QED) is 0.600. The lowest BCUT2D eigenvalue weighted by Crippen LogP contribution is -2.35. The standard InChI is InChI=1S/C12H29N3/c1-12(2)11-15(6)10-9-14(5)8-7-13(3)4/h12H,7-11H2,1-6H3. The van der Waals surface area contributed by atoms with Crippen LogP contribution in [0.2, 0.25) is 0 Å². The zero-order valence-electron chi connectivity index (χ0n) is 11.5. The third-order valence-corrected chi connectivity index (χ3v) is 2.47. The molecule has 0 N–H and O–H groups in total. The highest BCUT2D eigenvalue weighted by Crippen LogP contribution is 1.95. The molecule has 15 heavy (non-hydrogen) atoms. The van der Waals surface area contributed by atoms with Gasteiger partial charge in [0, 0.05) is 32.7 Å². The van der Waals surface area contributed by atoms with E-state index in [1.165, 1.54) is 13.1 Å². The van der Waals surface area contributed by atoms with Crippen LogP contribution < -0.4 is 0 Å². The molecule has 0 spiro atoms. The highest BCUT2D eigenvalue weighted by molar-refractivity contribution is 4.59. The molecule has 0 aromatic carbocycles. The summed E-state index contributed by atoms with van der Waals surface area (Å²) >= 11 is 0. The Labute approximate surface area is 96.0 Å². The zero-order chi connectivity index (χ0) is 11.8. The van der Waals surface area contributed by atoms with E-state index in [1.807, 2.05) is 0 Å². The molecule has 0 bridgehead atoms. The van der Waals surface area contributed by atoms with Gasteiger partial charge in [0.1, 0.15) is 0 Å². The Kier molecular flexibility index (Phi) is 8.02. The van der Waals surface area contributed by atoms with Gasteiger partial charge in [-0.15, -0.1) is 0 Å². The van der Waals surface area contributed by atoms with Crippen LogP contribution in [0.4, 0.5) is 0 Å². The lowest BCUT2D eigenvalue weighted by molar-refractivity contribution is 0.226. The van der Waals surface area contributed by atoms with Crippen molar-refractivity contribution in [2.24, 2.45) is 5.92 Å². The van der Waals surface area contributed by atoms with Gasteiger partial charge in [-0.2, -0.15) is 0 Å². The molecule has 0 amide bonds. The Morgan fingerprint density at radius 3 is 1.67 bits per heavy atom. The first-order chi connectivity index (χ1) is 6.91. The van der Waals surface area contributed by atoms with Crippen LogP contribution in [-0.2, 0) is 0 Å². The van der Waals surface area contributed by atoms with E-state index in [1.54, 1.807) is 0 Å². The normalized spacial score (nSPS) is 12.4.